The third-order valence-corrected chi connectivity index (χ3v) is 4.65. The van der Waals surface area contributed by atoms with Crippen molar-refractivity contribution in [2.45, 2.75) is 42.7 Å². The molecule has 16 heavy (non-hydrogen) atoms. The minimum Gasteiger partial charge on any atom is -0.357 e. The van der Waals surface area contributed by atoms with Gasteiger partial charge >= 0.3 is 0 Å². The maximum absolute atomic E-state index is 11.2. The zero-order valence-corrected chi connectivity index (χ0v) is 12.0. The summed E-state index contributed by atoms with van der Waals surface area (Å²) in [7, 11) is 0. The van der Waals surface area contributed by atoms with Crippen LogP contribution < -0.4 is 5.32 Å². The summed E-state index contributed by atoms with van der Waals surface area (Å²) in [6, 6.07) is 0. The summed E-state index contributed by atoms with van der Waals surface area (Å²) in [5.41, 5.74) is 0. The zero-order chi connectivity index (χ0) is 11.4. The molecule has 0 spiro atoms. The summed E-state index contributed by atoms with van der Waals surface area (Å²) in [6.45, 7) is 2.40. The normalized spacial score (nSPS) is 35.0. The molecule has 0 aromatic rings. The Bertz CT molecular complexity index is 256. The van der Waals surface area contributed by atoms with Crippen LogP contribution in [0.5, 0.6) is 0 Å². The molecular weight excluding hydrogens is 221 g/mol. The van der Waals surface area contributed by atoms with Gasteiger partial charge in [0, 0.05) is 26.2 Å². The Morgan fingerprint density at radius 1 is 1.56 bits per heavy atom. The van der Waals surface area contributed by atoms with Crippen LogP contribution in [0.1, 0.15) is 32.1 Å². The molecule has 2 unspecified atom stereocenters. The fraction of sp³-hybridized carbons (Fsp3) is 0.909. The van der Waals surface area contributed by atoms with E-state index in [0.29, 0.717) is 6.42 Å². The second-order valence-corrected chi connectivity index (χ2v) is 7.30. The van der Waals surface area contributed by atoms with Gasteiger partial charge in [0.2, 0.25) is 22.2 Å². The van der Waals surface area contributed by atoms with E-state index in [2.05, 4.69) is 5.32 Å². The quantitative estimate of drug-likeness (QED) is 0.717. The van der Waals surface area contributed by atoms with Gasteiger partial charge in [-0.3, -0.25) is 4.79 Å². The molecular formula is C11H20AlNO3. The van der Waals surface area contributed by atoms with Gasteiger partial charge in [0.05, 0.1) is 0 Å². The van der Waals surface area contributed by atoms with E-state index in [-0.39, 0.29) is 16.5 Å². The van der Waals surface area contributed by atoms with Crippen LogP contribution in [0.4, 0.5) is 0 Å². The van der Waals surface area contributed by atoms with Crippen molar-refractivity contribution in [1.82, 2.24) is 5.32 Å². The lowest BCUT2D eigenvalue weighted by atomic mass is 10.0. The second kappa shape index (κ2) is 5.50. The molecule has 2 saturated heterocycles. The van der Waals surface area contributed by atoms with Crippen LogP contribution in [-0.4, -0.2) is 48.2 Å². The number of nitrogens with one attached hydrogen (secondary N) is 1. The number of carbonyl (C=O) groups is 1. The standard InChI is InChI=1S/C11H18NO3.Al.2H/c13-10-7-9(8-12-10)4-6-15-11-3-1-2-5-14-11;;;/h11H,1-8H2,(H,12,13);;;. The molecule has 0 aromatic heterocycles. The first-order valence-corrected chi connectivity index (χ1v) is 7.18. The summed E-state index contributed by atoms with van der Waals surface area (Å²) in [4.78, 5) is 11.2. The van der Waals surface area contributed by atoms with Crippen molar-refractivity contribution in [1.29, 1.82) is 0 Å². The molecule has 2 rings (SSSR count). The third-order valence-electron chi connectivity index (χ3n) is 3.45. The average molecular weight is 241 g/mol. The highest BCUT2D eigenvalue weighted by molar-refractivity contribution is 6.18. The van der Waals surface area contributed by atoms with Crippen LogP contribution in [0.2, 0.25) is 4.28 Å². The first-order valence-electron chi connectivity index (χ1n) is 6.18. The van der Waals surface area contributed by atoms with Gasteiger partial charge in [-0.2, -0.15) is 0 Å². The van der Waals surface area contributed by atoms with Gasteiger partial charge in [-0.25, -0.2) is 0 Å². The lowest BCUT2D eigenvalue weighted by molar-refractivity contribution is -0.163. The second-order valence-electron chi connectivity index (χ2n) is 5.18. The van der Waals surface area contributed by atoms with Crippen LogP contribution in [0, 0.1) is 0 Å². The van der Waals surface area contributed by atoms with Crippen LogP contribution in [0.3, 0.4) is 0 Å². The van der Waals surface area contributed by atoms with E-state index in [1.807, 2.05) is 0 Å². The summed E-state index contributed by atoms with van der Waals surface area (Å²) >= 11 is 1.04. The SMILES string of the molecule is O=C1C[C]([AlH2])(CCOC2CCCCO2)CN1. The molecule has 2 aliphatic heterocycles. The highest BCUT2D eigenvalue weighted by Gasteiger charge is 2.33. The van der Waals surface area contributed by atoms with Crippen molar-refractivity contribution >= 4 is 22.2 Å². The molecule has 2 fully saturated rings. The van der Waals surface area contributed by atoms with Crippen molar-refractivity contribution in [3.05, 3.63) is 0 Å². The molecule has 2 aliphatic rings. The lowest BCUT2D eigenvalue weighted by Crippen LogP contribution is -2.25. The molecule has 4 nitrogen and oxygen atoms in total. The molecule has 1 N–H and O–H groups in total. The van der Waals surface area contributed by atoms with E-state index in [4.69, 9.17) is 9.47 Å². The summed E-state index contributed by atoms with van der Waals surface area (Å²) in [6.07, 6.45) is 5.06. The van der Waals surface area contributed by atoms with Gasteiger partial charge in [0.25, 0.3) is 0 Å². The zero-order valence-electron chi connectivity index (χ0n) is 9.96. The van der Waals surface area contributed by atoms with Crippen molar-refractivity contribution in [2.75, 3.05) is 19.8 Å². The molecule has 0 bridgehead atoms. The number of amides is 1. The molecule has 90 valence electrons. The highest BCUT2D eigenvalue weighted by atomic mass is 27.0. The molecule has 0 aromatic carbocycles. The van der Waals surface area contributed by atoms with Gasteiger partial charge in [-0.1, -0.05) is 4.28 Å². The van der Waals surface area contributed by atoms with E-state index in [1.54, 1.807) is 0 Å². The van der Waals surface area contributed by atoms with E-state index in [0.717, 1.165) is 55.3 Å². The molecule has 2 atom stereocenters. The van der Waals surface area contributed by atoms with Crippen molar-refractivity contribution in [3.63, 3.8) is 0 Å². The van der Waals surface area contributed by atoms with Crippen LogP contribution in [0.25, 0.3) is 0 Å². The fourth-order valence-electron chi connectivity index (χ4n) is 2.28. The first kappa shape index (κ1) is 12.4. The van der Waals surface area contributed by atoms with Gasteiger partial charge in [0.15, 0.2) is 6.29 Å². The van der Waals surface area contributed by atoms with Crippen LogP contribution >= 0.6 is 0 Å². The highest BCUT2D eigenvalue weighted by Crippen LogP contribution is 2.34. The van der Waals surface area contributed by atoms with Crippen molar-refractivity contribution in [2.24, 2.45) is 0 Å². The predicted octanol–water partition coefficient (Wildman–Crippen LogP) is 0.231. The van der Waals surface area contributed by atoms with Gasteiger partial charge < -0.3 is 14.8 Å². The summed E-state index contributed by atoms with van der Waals surface area (Å²) < 4.78 is 11.4. The Balaban J connectivity index is 1.65. The first-order chi connectivity index (χ1) is 7.68. The minimum absolute atomic E-state index is 0.00378. The smallest absolute Gasteiger partial charge is 0.225 e. The number of hydrogen-bond acceptors (Lipinski definition) is 3. The van der Waals surface area contributed by atoms with E-state index in [9.17, 15) is 4.79 Å². The Kier molecular flexibility index (Phi) is 4.26. The number of rotatable bonds is 4. The third kappa shape index (κ3) is 3.46. The van der Waals surface area contributed by atoms with Crippen LogP contribution in [0.15, 0.2) is 0 Å². The number of ether oxygens (including phenoxy) is 2. The van der Waals surface area contributed by atoms with Gasteiger partial charge in [-0.15, -0.1) is 0 Å². The Morgan fingerprint density at radius 2 is 2.44 bits per heavy atom. The Morgan fingerprint density at radius 3 is 3.06 bits per heavy atom. The maximum Gasteiger partial charge on any atom is 0.225 e. The van der Waals surface area contributed by atoms with E-state index >= 15 is 0 Å². The molecule has 0 aliphatic carbocycles. The number of carbonyl (C=O) groups excluding carboxylic acids is 1. The monoisotopic (exact) mass is 241 g/mol. The largest absolute Gasteiger partial charge is 0.357 e. The summed E-state index contributed by atoms with van der Waals surface area (Å²) in [5.74, 6) is 0.198. The molecule has 0 saturated carbocycles. The van der Waals surface area contributed by atoms with E-state index in [1.165, 1.54) is 6.42 Å². The minimum atomic E-state index is 0.00378. The van der Waals surface area contributed by atoms with Gasteiger partial charge in [0.1, 0.15) is 0 Å². The van der Waals surface area contributed by atoms with Crippen molar-refractivity contribution < 1.29 is 14.3 Å². The summed E-state index contributed by atoms with van der Waals surface area (Å²) in [5, 5.41) is 2.91. The van der Waals surface area contributed by atoms with Crippen LogP contribution in [-0.2, 0) is 14.3 Å². The molecule has 1 amide bonds. The predicted molar refractivity (Wildman–Crippen MR) is 63.0 cm³/mol. The average Bonchev–Trinajstić information content (AvgIpc) is 2.60. The maximum atomic E-state index is 11.2. The fourth-order valence-corrected chi connectivity index (χ4v) is 2.98. The van der Waals surface area contributed by atoms with Gasteiger partial charge in [-0.05, 0) is 25.7 Å². The molecule has 5 heteroatoms. The van der Waals surface area contributed by atoms with E-state index < -0.39 is 0 Å². The lowest BCUT2D eigenvalue weighted by Gasteiger charge is -2.26. The number of hydrogen-bond donors (Lipinski definition) is 1. The van der Waals surface area contributed by atoms with Crippen molar-refractivity contribution in [3.8, 4) is 0 Å². The molecule has 2 heterocycles. The topological polar surface area (TPSA) is 47.6 Å². The Labute approximate surface area is 104 Å². The molecule has 0 radical (unpaired) electrons. The Hall–Kier alpha value is -0.0775.